The first-order chi connectivity index (χ1) is 13.1. The second kappa shape index (κ2) is 7.39. The second-order valence-corrected chi connectivity index (χ2v) is 9.31. The lowest BCUT2D eigenvalue weighted by Crippen LogP contribution is -2.37. The molecule has 0 saturated carbocycles. The molecular formula is C21H24N2O4S. The van der Waals surface area contributed by atoms with Gasteiger partial charge in [-0.25, -0.2) is 12.7 Å². The Labute approximate surface area is 165 Å². The number of amides is 2. The van der Waals surface area contributed by atoms with Gasteiger partial charge in [0.05, 0.1) is 5.56 Å². The molecule has 0 unspecified atom stereocenters. The van der Waals surface area contributed by atoms with Gasteiger partial charge in [0.2, 0.25) is 5.91 Å². The molecule has 0 bridgehead atoms. The zero-order valence-electron chi connectivity index (χ0n) is 16.4. The van der Waals surface area contributed by atoms with Crippen LogP contribution in [0.4, 0.5) is 5.69 Å². The number of fused-ring (bicyclic) bond motifs is 1. The minimum absolute atomic E-state index is 0.0572. The summed E-state index contributed by atoms with van der Waals surface area (Å²) >= 11 is 0. The number of para-hydroxylation sites is 1. The fraction of sp³-hybridized carbons (Fsp3) is 0.333. The molecule has 3 rings (SSSR count). The number of carbonyl (C=O) groups is 2. The number of sulfonamides is 1. The number of anilines is 1. The van der Waals surface area contributed by atoms with Gasteiger partial charge in [-0.1, -0.05) is 58.0 Å². The highest BCUT2D eigenvalue weighted by Gasteiger charge is 2.41. The third-order valence-corrected chi connectivity index (χ3v) is 6.62. The molecule has 148 valence electrons. The highest BCUT2D eigenvalue weighted by molar-refractivity contribution is 7.90. The van der Waals surface area contributed by atoms with Crippen LogP contribution in [0.15, 0.2) is 47.4 Å². The molecule has 0 radical (unpaired) electrons. The zero-order valence-corrected chi connectivity index (χ0v) is 17.2. The molecule has 0 atom stereocenters. The van der Waals surface area contributed by atoms with Gasteiger partial charge in [-0.05, 0) is 35.1 Å². The van der Waals surface area contributed by atoms with Gasteiger partial charge in [0.1, 0.15) is 11.4 Å². The summed E-state index contributed by atoms with van der Waals surface area (Å²) in [5, 5.41) is 2.86. The normalized spacial score (nSPS) is 15.2. The summed E-state index contributed by atoms with van der Waals surface area (Å²) in [5.41, 5.74) is 2.73. The summed E-state index contributed by atoms with van der Waals surface area (Å²) < 4.78 is 26.0. The molecule has 1 aliphatic heterocycles. The molecule has 28 heavy (non-hydrogen) atoms. The lowest BCUT2D eigenvalue weighted by Gasteiger charge is -2.21. The molecule has 0 fully saturated rings. The molecule has 7 heteroatoms. The van der Waals surface area contributed by atoms with E-state index in [-0.39, 0.29) is 22.3 Å². The van der Waals surface area contributed by atoms with Crippen LogP contribution in [0.1, 0.15) is 61.0 Å². The fourth-order valence-corrected chi connectivity index (χ4v) is 4.92. The van der Waals surface area contributed by atoms with Crippen molar-refractivity contribution in [1.29, 1.82) is 0 Å². The van der Waals surface area contributed by atoms with Crippen molar-refractivity contribution in [1.82, 2.24) is 4.31 Å². The van der Waals surface area contributed by atoms with E-state index in [2.05, 4.69) is 5.32 Å². The van der Waals surface area contributed by atoms with Gasteiger partial charge >= 0.3 is 0 Å². The van der Waals surface area contributed by atoms with E-state index in [9.17, 15) is 18.0 Å². The molecule has 2 aromatic carbocycles. The van der Waals surface area contributed by atoms with E-state index >= 15 is 0 Å². The first-order valence-corrected chi connectivity index (χ1v) is 10.7. The summed E-state index contributed by atoms with van der Waals surface area (Å²) in [7, 11) is -4.01. The van der Waals surface area contributed by atoms with Crippen LogP contribution in [0.3, 0.4) is 0 Å². The summed E-state index contributed by atoms with van der Waals surface area (Å²) in [6, 6.07) is 11.8. The Morgan fingerprint density at radius 3 is 2.07 bits per heavy atom. The first kappa shape index (κ1) is 20.1. The molecule has 1 N–H and O–H groups in total. The lowest BCUT2D eigenvalue weighted by molar-refractivity contribution is -0.116. The van der Waals surface area contributed by atoms with Crippen molar-refractivity contribution in [3.05, 3.63) is 59.2 Å². The number of nitrogens with one attached hydrogen (secondary N) is 1. The molecule has 1 heterocycles. The quantitative estimate of drug-likeness (QED) is 0.829. The summed E-state index contributed by atoms with van der Waals surface area (Å²) in [6.45, 7) is 7.56. The summed E-state index contributed by atoms with van der Waals surface area (Å²) in [4.78, 5) is 25.2. The Morgan fingerprint density at radius 2 is 1.54 bits per heavy atom. The Hall–Kier alpha value is -2.67. The van der Waals surface area contributed by atoms with Gasteiger partial charge < -0.3 is 5.32 Å². The smallest absolute Gasteiger partial charge is 0.269 e. The minimum Gasteiger partial charge on any atom is -0.324 e. The maximum Gasteiger partial charge on any atom is 0.269 e. The van der Waals surface area contributed by atoms with Crippen LogP contribution in [-0.4, -0.2) is 31.1 Å². The monoisotopic (exact) mass is 400 g/mol. The standard InChI is InChI=1S/C21H24N2O4S/c1-13(2)15-9-7-10-16(14(3)4)20(15)22-19(24)12-23-21(25)17-8-5-6-11-18(17)28(23,26)27/h5-11,13-14H,12H2,1-4H3,(H,22,24). The highest BCUT2D eigenvalue weighted by Crippen LogP contribution is 2.33. The lowest BCUT2D eigenvalue weighted by atomic mass is 9.92. The van der Waals surface area contributed by atoms with E-state index in [1.165, 1.54) is 12.1 Å². The molecule has 0 saturated heterocycles. The number of carbonyl (C=O) groups excluding carboxylic acids is 2. The third kappa shape index (κ3) is 3.42. The summed E-state index contributed by atoms with van der Waals surface area (Å²) in [5.74, 6) is -0.863. The van der Waals surface area contributed by atoms with Crippen LogP contribution in [0, 0.1) is 0 Å². The van der Waals surface area contributed by atoms with E-state index in [0.717, 1.165) is 11.1 Å². The average Bonchev–Trinajstić information content (AvgIpc) is 2.82. The Kier molecular flexibility index (Phi) is 5.30. The maximum atomic E-state index is 12.7. The van der Waals surface area contributed by atoms with Gasteiger partial charge in [-0.3, -0.25) is 9.59 Å². The molecule has 2 amide bonds. The van der Waals surface area contributed by atoms with Gasteiger partial charge in [0, 0.05) is 5.69 Å². The van der Waals surface area contributed by atoms with Crippen LogP contribution < -0.4 is 5.32 Å². The fourth-order valence-electron chi connectivity index (χ4n) is 3.39. The van der Waals surface area contributed by atoms with Crippen molar-refractivity contribution in [2.24, 2.45) is 0 Å². The SMILES string of the molecule is CC(C)c1cccc(C(C)C)c1NC(=O)CN1C(=O)c2ccccc2S1(=O)=O. The molecule has 0 aromatic heterocycles. The van der Waals surface area contributed by atoms with E-state index in [0.29, 0.717) is 9.99 Å². The highest BCUT2D eigenvalue weighted by atomic mass is 32.2. The Bertz CT molecular complexity index is 1020. The van der Waals surface area contributed by atoms with E-state index in [1.807, 2.05) is 45.9 Å². The molecule has 2 aromatic rings. The van der Waals surface area contributed by atoms with Gasteiger partial charge in [0.15, 0.2) is 0 Å². The number of rotatable bonds is 5. The largest absolute Gasteiger partial charge is 0.324 e. The van der Waals surface area contributed by atoms with E-state index in [4.69, 9.17) is 0 Å². The van der Waals surface area contributed by atoms with Crippen LogP contribution in [0.5, 0.6) is 0 Å². The van der Waals surface area contributed by atoms with E-state index in [1.54, 1.807) is 12.1 Å². The van der Waals surface area contributed by atoms with Gasteiger partial charge in [0.25, 0.3) is 15.9 Å². The zero-order chi connectivity index (χ0) is 20.6. The van der Waals surface area contributed by atoms with Crippen molar-refractivity contribution in [3.63, 3.8) is 0 Å². The number of benzene rings is 2. The van der Waals surface area contributed by atoms with Crippen molar-refractivity contribution in [3.8, 4) is 0 Å². The molecule has 6 nitrogen and oxygen atoms in total. The minimum atomic E-state index is -4.01. The van der Waals surface area contributed by atoms with Crippen LogP contribution >= 0.6 is 0 Å². The molecule has 1 aliphatic rings. The molecular weight excluding hydrogens is 376 g/mol. The predicted molar refractivity (Wildman–Crippen MR) is 108 cm³/mol. The summed E-state index contributed by atoms with van der Waals surface area (Å²) in [6.07, 6.45) is 0. The van der Waals surface area contributed by atoms with Gasteiger partial charge in [-0.15, -0.1) is 0 Å². The van der Waals surface area contributed by atoms with Crippen molar-refractivity contribution in [2.45, 2.75) is 44.4 Å². The van der Waals surface area contributed by atoms with Crippen LogP contribution in [0.25, 0.3) is 0 Å². The molecule has 0 spiro atoms. The number of nitrogens with zero attached hydrogens (tertiary/aromatic N) is 1. The van der Waals surface area contributed by atoms with Crippen molar-refractivity contribution >= 4 is 27.5 Å². The average molecular weight is 401 g/mol. The van der Waals surface area contributed by atoms with E-state index < -0.39 is 28.4 Å². The maximum absolute atomic E-state index is 12.7. The Balaban J connectivity index is 1.90. The second-order valence-electron chi connectivity index (χ2n) is 7.48. The van der Waals surface area contributed by atoms with Crippen molar-refractivity contribution < 1.29 is 18.0 Å². The third-order valence-electron chi connectivity index (χ3n) is 4.84. The topological polar surface area (TPSA) is 83.6 Å². The Morgan fingerprint density at radius 1 is 0.964 bits per heavy atom. The molecule has 0 aliphatic carbocycles. The number of hydrogen-bond acceptors (Lipinski definition) is 4. The van der Waals surface area contributed by atoms with Crippen molar-refractivity contribution in [2.75, 3.05) is 11.9 Å². The number of hydrogen-bond donors (Lipinski definition) is 1. The van der Waals surface area contributed by atoms with Gasteiger partial charge in [-0.2, -0.15) is 0 Å². The predicted octanol–water partition coefficient (Wildman–Crippen LogP) is 3.72. The van der Waals surface area contributed by atoms with Crippen LogP contribution in [-0.2, 0) is 14.8 Å². The first-order valence-electron chi connectivity index (χ1n) is 9.23. The van der Waals surface area contributed by atoms with Crippen LogP contribution in [0.2, 0.25) is 0 Å².